The van der Waals surface area contributed by atoms with Gasteiger partial charge < -0.3 is 9.88 Å². The Morgan fingerprint density at radius 3 is 2.60 bits per heavy atom. The highest BCUT2D eigenvalue weighted by Gasteiger charge is 2.14. The first kappa shape index (κ1) is 14.8. The van der Waals surface area contributed by atoms with Gasteiger partial charge in [-0.2, -0.15) is 0 Å². The Labute approximate surface area is 122 Å². The van der Waals surface area contributed by atoms with Gasteiger partial charge >= 0.3 is 0 Å². The third kappa shape index (κ3) is 3.94. The number of nitrogens with one attached hydrogen (secondary N) is 1. The van der Waals surface area contributed by atoms with E-state index in [2.05, 4.69) is 60.0 Å². The van der Waals surface area contributed by atoms with E-state index in [1.54, 1.807) is 0 Å². The van der Waals surface area contributed by atoms with Crippen LogP contribution in [0.15, 0.2) is 36.7 Å². The zero-order valence-corrected chi connectivity index (χ0v) is 12.8. The molecule has 1 unspecified atom stereocenters. The van der Waals surface area contributed by atoms with Gasteiger partial charge in [0.25, 0.3) is 0 Å². The highest BCUT2D eigenvalue weighted by Crippen LogP contribution is 2.18. The van der Waals surface area contributed by atoms with Crippen LogP contribution in [0.5, 0.6) is 0 Å². The third-order valence-corrected chi connectivity index (χ3v) is 3.65. The molecule has 0 spiro atoms. The lowest BCUT2D eigenvalue weighted by Crippen LogP contribution is -2.25. The van der Waals surface area contributed by atoms with Crippen molar-refractivity contribution >= 4 is 0 Å². The summed E-state index contributed by atoms with van der Waals surface area (Å²) in [7, 11) is 2.06. The summed E-state index contributed by atoms with van der Waals surface area (Å²) in [6.07, 6.45) is 7.19. The number of aryl methyl sites for hydroxylation is 3. The quantitative estimate of drug-likeness (QED) is 0.836. The molecule has 0 radical (unpaired) electrons. The van der Waals surface area contributed by atoms with E-state index < -0.39 is 0 Å². The van der Waals surface area contributed by atoms with E-state index in [0.29, 0.717) is 6.04 Å². The molecule has 0 bridgehead atoms. The Bertz CT molecular complexity index is 513. The van der Waals surface area contributed by atoms with Crippen LogP contribution in [0.4, 0.5) is 0 Å². The van der Waals surface area contributed by atoms with E-state index >= 15 is 0 Å². The highest BCUT2D eigenvalue weighted by atomic mass is 15.1. The summed E-state index contributed by atoms with van der Waals surface area (Å²) >= 11 is 0. The number of hydrogen-bond acceptors (Lipinski definition) is 2. The largest absolute Gasteiger partial charge is 0.337 e. The first-order chi connectivity index (χ1) is 9.70. The van der Waals surface area contributed by atoms with Crippen LogP contribution in [0.2, 0.25) is 0 Å². The summed E-state index contributed by atoms with van der Waals surface area (Å²) in [5.41, 5.74) is 2.71. The number of imidazole rings is 1. The third-order valence-electron chi connectivity index (χ3n) is 3.65. The SMILES string of the molecule is CCCNC(CCc1ccc(C)cc1)c1nccn1C. The average molecular weight is 271 g/mol. The Hall–Kier alpha value is -1.61. The molecule has 0 aliphatic heterocycles. The summed E-state index contributed by atoms with van der Waals surface area (Å²) in [6, 6.07) is 9.15. The van der Waals surface area contributed by atoms with Gasteiger partial charge in [-0.25, -0.2) is 4.98 Å². The number of benzene rings is 1. The fourth-order valence-electron chi connectivity index (χ4n) is 2.42. The predicted octanol–water partition coefficient (Wildman–Crippen LogP) is 3.40. The molecule has 2 rings (SSSR count). The second-order valence-electron chi connectivity index (χ2n) is 5.43. The van der Waals surface area contributed by atoms with Crippen molar-refractivity contribution in [3.8, 4) is 0 Å². The van der Waals surface area contributed by atoms with Crippen molar-refractivity contribution in [1.29, 1.82) is 0 Å². The van der Waals surface area contributed by atoms with Crippen LogP contribution in [0.1, 0.15) is 42.8 Å². The molecule has 108 valence electrons. The Kier molecular flexibility index (Phi) is 5.36. The van der Waals surface area contributed by atoms with Crippen molar-refractivity contribution in [3.63, 3.8) is 0 Å². The number of nitrogens with zero attached hydrogens (tertiary/aromatic N) is 2. The molecule has 3 nitrogen and oxygen atoms in total. The van der Waals surface area contributed by atoms with E-state index in [4.69, 9.17) is 0 Å². The van der Waals surface area contributed by atoms with Crippen LogP contribution in [0.25, 0.3) is 0 Å². The maximum absolute atomic E-state index is 4.50. The molecule has 2 aromatic rings. The molecular weight excluding hydrogens is 246 g/mol. The lowest BCUT2D eigenvalue weighted by molar-refractivity contribution is 0.465. The molecule has 0 fully saturated rings. The van der Waals surface area contributed by atoms with Crippen molar-refractivity contribution in [2.45, 2.75) is 39.2 Å². The topological polar surface area (TPSA) is 29.9 Å². The molecule has 1 heterocycles. The van der Waals surface area contributed by atoms with Crippen molar-refractivity contribution in [2.75, 3.05) is 6.54 Å². The molecule has 1 aromatic carbocycles. The van der Waals surface area contributed by atoms with Gasteiger partial charge in [-0.05, 0) is 38.3 Å². The second-order valence-corrected chi connectivity index (χ2v) is 5.43. The normalized spacial score (nSPS) is 12.6. The monoisotopic (exact) mass is 271 g/mol. The second kappa shape index (κ2) is 7.25. The molecule has 0 saturated heterocycles. The lowest BCUT2D eigenvalue weighted by Gasteiger charge is -2.18. The smallest absolute Gasteiger partial charge is 0.125 e. The number of aromatic nitrogens is 2. The molecule has 0 aliphatic rings. The van der Waals surface area contributed by atoms with Gasteiger partial charge in [-0.3, -0.25) is 0 Å². The van der Waals surface area contributed by atoms with E-state index in [-0.39, 0.29) is 0 Å². The van der Waals surface area contributed by atoms with E-state index in [1.807, 2.05) is 12.4 Å². The van der Waals surface area contributed by atoms with Crippen LogP contribution < -0.4 is 5.32 Å². The standard InChI is InChI=1S/C17H25N3/c1-4-11-18-16(17-19-12-13-20(17)3)10-9-15-7-5-14(2)6-8-15/h5-8,12-13,16,18H,4,9-11H2,1-3H3. The number of hydrogen-bond donors (Lipinski definition) is 1. The number of rotatable bonds is 7. The fourth-order valence-corrected chi connectivity index (χ4v) is 2.42. The Balaban J connectivity index is 2.01. The molecule has 3 heteroatoms. The lowest BCUT2D eigenvalue weighted by atomic mass is 10.0. The van der Waals surface area contributed by atoms with Gasteiger partial charge in [0.2, 0.25) is 0 Å². The first-order valence-electron chi connectivity index (χ1n) is 7.47. The predicted molar refractivity (Wildman–Crippen MR) is 83.7 cm³/mol. The zero-order chi connectivity index (χ0) is 14.4. The van der Waals surface area contributed by atoms with Crippen LogP contribution in [-0.2, 0) is 13.5 Å². The highest BCUT2D eigenvalue weighted by molar-refractivity contribution is 5.21. The van der Waals surface area contributed by atoms with Gasteiger partial charge in [0, 0.05) is 19.4 Å². The molecule has 1 atom stereocenters. The van der Waals surface area contributed by atoms with Gasteiger partial charge in [0.1, 0.15) is 5.82 Å². The Morgan fingerprint density at radius 1 is 1.25 bits per heavy atom. The summed E-state index contributed by atoms with van der Waals surface area (Å²) in [4.78, 5) is 4.50. The molecular formula is C17H25N3. The van der Waals surface area contributed by atoms with Crippen LogP contribution in [0, 0.1) is 6.92 Å². The van der Waals surface area contributed by atoms with Crippen molar-refractivity contribution < 1.29 is 0 Å². The maximum Gasteiger partial charge on any atom is 0.125 e. The van der Waals surface area contributed by atoms with Crippen molar-refractivity contribution in [3.05, 3.63) is 53.6 Å². The van der Waals surface area contributed by atoms with E-state index in [0.717, 1.165) is 31.6 Å². The molecule has 1 N–H and O–H groups in total. The molecule has 0 aliphatic carbocycles. The van der Waals surface area contributed by atoms with Crippen LogP contribution in [-0.4, -0.2) is 16.1 Å². The van der Waals surface area contributed by atoms with E-state index in [9.17, 15) is 0 Å². The molecule has 1 aromatic heterocycles. The minimum Gasteiger partial charge on any atom is -0.337 e. The molecule has 20 heavy (non-hydrogen) atoms. The summed E-state index contributed by atoms with van der Waals surface area (Å²) in [6.45, 7) is 5.36. The van der Waals surface area contributed by atoms with Gasteiger partial charge in [-0.1, -0.05) is 36.8 Å². The molecule has 0 saturated carbocycles. The van der Waals surface area contributed by atoms with E-state index in [1.165, 1.54) is 11.1 Å². The summed E-state index contributed by atoms with van der Waals surface area (Å²) in [5.74, 6) is 1.13. The summed E-state index contributed by atoms with van der Waals surface area (Å²) in [5, 5.41) is 3.61. The fraction of sp³-hybridized carbons (Fsp3) is 0.471. The zero-order valence-electron chi connectivity index (χ0n) is 12.8. The minimum absolute atomic E-state index is 0.330. The first-order valence-corrected chi connectivity index (χ1v) is 7.47. The van der Waals surface area contributed by atoms with Gasteiger partial charge in [0.05, 0.1) is 6.04 Å². The maximum atomic E-state index is 4.50. The van der Waals surface area contributed by atoms with Crippen LogP contribution >= 0.6 is 0 Å². The average Bonchev–Trinajstić information content (AvgIpc) is 2.87. The van der Waals surface area contributed by atoms with Gasteiger partial charge in [-0.15, -0.1) is 0 Å². The van der Waals surface area contributed by atoms with Crippen LogP contribution in [0.3, 0.4) is 0 Å². The van der Waals surface area contributed by atoms with Crippen molar-refractivity contribution in [2.24, 2.45) is 7.05 Å². The minimum atomic E-state index is 0.330. The Morgan fingerprint density at radius 2 is 2.00 bits per heavy atom. The van der Waals surface area contributed by atoms with Gasteiger partial charge in [0.15, 0.2) is 0 Å². The van der Waals surface area contributed by atoms with Crippen molar-refractivity contribution in [1.82, 2.24) is 14.9 Å². The molecule has 0 amide bonds. The summed E-state index contributed by atoms with van der Waals surface area (Å²) < 4.78 is 2.11.